The summed E-state index contributed by atoms with van der Waals surface area (Å²) in [6, 6.07) is 0.270. The molecule has 2 unspecified atom stereocenters. The number of amides is 1. The summed E-state index contributed by atoms with van der Waals surface area (Å²) in [7, 11) is 0. The van der Waals surface area contributed by atoms with E-state index >= 15 is 0 Å². The van der Waals surface area contributed by atoms with Crippen molar-refractivity contribution in [3.63, 3.8) is 0 Å². The second-order valence-corrected chi connectivity index (χ2v) is 7.46. The molecule has 1 saturated carbocycles. The minimum atomic E-state index is -0.307. The van der Waals surface area contributed by atoms with Gasteiger partial charge >= 0.3 is 0 Å². The molecule has 0 radical (unpaired) electrons. The number of carbonyl (C=O) groups excluding carboxylic acids is 1. The lowest BCUT2D eigenvalue weighted by Gasteiger charge is -2.37. The molecule has 1 N–H and O–H groups in total. The van der Waals surface area contributed by atoms with E-state index in [2.05, 4.69) is 18.7 Å². The Hall–Kier alpha value is -0.570. The van der Waals surface area contributed by atoms with Crippen molar-refractivity contribution in [2.45, 2.75) is 84.3 Å². The average molecular weight is 281 g/mol. The van der Waals surface area contributed by atoms with Crippen LogP contribution in [-0.2, 0) is 4.79 Å². The SMILES string of the molecule is CC(C)CC1(C(=O)N2CCCC2CC(C)O)CCCC1. The van der Waals surface area contributed by atoms with Gasteiger partial charge in [0.1, 0.15) is 0 Å². The third-order valence-electron chi connectivity index (χ3n) is 5.06. The van der Waals surface area contributed by atoms with Gasteiger partial charge in [-0.2, -0.15) is 0 Å². The van der Waals surface area contributed by atoms with Crippen LogP contribution in [0, 0.1) is 11.3 Å². The lowest BCUT2D eigenvalue weighted by molar-refractivity contribution is -0.144. The highest BCUT2D eigenvalue weighted by atomic mass is 16.3. The van der Waals surface area contributed by atoms with Crippen LogP contribution in [-0.4, -0.2) is 34.6 Å². The predicted octanol–water partition coefficient (Wildman–Crippen LogP) is 3.35. The maximum Gasteiger partial charge on any atom is 0.229 e. The first kappa shape index (κ1) is 15.8. The Morgan fingerprint density at radius 3 is 2.45 bits per heavy atom. The zero-order valence-corrected chi connectivity index (χ0v) is 13.4. The van der Waals surface area contributed by atoms with Crippen molar-refractivity contribution in [1.29, 1.82) is 0 Å². The van der Waals surface area contributed by atoms with Crippen molar-refractivity contribution >= 4 is 5.91 Å². The number of carbonyl (C=O) groups is 1. The highest BCUT2D eigenvalue weighted by Crippen LogP contribution is 2.45. The third kappa shape index (κ3) is 3.36. The number of rotatable bonds is 5. The van der Waals surface area contributed by atoms with Gasteiger partial charge in [-0.15, -0.1) is 0 Å². The Morgan fingerprint density at radius 1 is 1.25 bits per heavy atom. The summed E-state index contributed by atoms with van der Waals surface area (Å²) in [5, 5.41) is 9.65. The largest absolute Gasteiger partial charge is 0.393 e. The van der Waals surface area contributed by atoms with Gasteiger partial charge in [0.2, 0.25) is 5.91 Å². The molecule has 1 aliphatic heterocycles. The first-order valence-electron chi connectivity index (χ1n) is 8.44. The predicted molar refractivity (Wildman–Crippen MR) is 81.4 cm³/mol. The molecule has 3 heteroatoms. The van der Waals surface area contributed by atoms with Gasteiger partial charge in [0.25, 0.3) is 0 Å². The summed E-state index contributed by atoms with van der Waals surface area (Å²) in [5.74, 6) is 0.974. The highest BCUT2D eigenvalue weighted by molar-refractivity contribution is 5.83. The zero-order chi connectivity index (χ0) is 14.8. The Labute approximate surface area is 123 Å². The second kappa shape index (κ2) is 6.46. The molecule has 2 fully saturated rings. The zero-order valence-electron chi connectivity index (χ0n) is 13.4. The quantitative estimate of drug-likeness (QED) is 0.839. The molecule has 3 nitrogen and oxygen atoms in total. The fourth-order valence-electron chi connectivity index (χ4n) is 4.39. The molecule has 2 aliphatic rings. The Morgan fingerprint density at radius 2 is 1.90 bits per heavy atom. The first-order chi connectivity index (χ1) is 9.44. The Balaban J connectivity index is 2.10. The minimum Gasteiger partial charge on any atom is -0.393 e. The molecule has 1 heterocycles. The van der Waals surface area contributed by atoms with Gasteiger partial charge in [-0.3, -0.25) is 4.79 Å². The van der Waals surface area contributed by atoms with E-state index in [1.165, 1.54) is 12.8 Å². The molecule has 0 spiro atoms. The van der Waals surface area contributed by atoms with Crippen LogP contribution in [0.3, 0.4) is 0 Å². The van der Waals surface area contributed by atoms with Crippen molar-refractivity contribution in [1.82, 2.24) is 4.90 Å². The summed E-state index contributed by atoms with van der Waals surface area (Å²) in [5.41, 5.74) is -0.0878. The number of hydrogen-bond donors (Lipinski definition) is 1. The smallest absolute Gasteiger partial charge is 0.229 e. The lowest BCUT2D eigenvalue weighted by atomic mass is 9.77. The maximum absolute atomic E-state index is 13.1. The van der Waals surface area contributed by atoms with Gasteiger partial charge in [-0.1, -0.05) is 26.7 Å². The van der Waals surface area contributed by atoms with Gasteiger partial charge in [0, 0.05) is 18.0 Å². The maximum atomic E-state index is 13.1. The molecule has 1 amide bonds. The van der Waals surface area contributed by atoms with Gasteiger partial charge in [-0.25, -0.2) is 0 Å². The molecule has 0 aromatic carbocycles. The van der Waals surface area contributed by atoms with Gasteiger partial charge in [0.15, 0.2) is 0 Å². The summed E-state index contributed by atoms with van der Waals surface area (Å²) in [6.45, 7) is 7.19. The molecule has 116 valence electrons. The molecule has 0 bridgehead atoms. The molecule has 0 aromatic heterocycles. The Kier molecular flexibility index (Phi) is 5.11. The second-order valence-electron chi connectivity index (χ2n) is 7.46. The van der Waals surface area contributed by atoms with Crippen LogP contribution in [0.15, 0.2) is 0 Å². The molecule has 2 atom stereocenters. The van der Waals surface area contributed by atoms with Crippen molar-refractivity contribution in [2.24, 2.45) is 11.3 Å². The van der Waals surface area contributed by atoms with E-state index in [1.54, 1.807) is 0 Å². The standard InChI is InChI=1S/C17H31NO2/c1-13(2)12-17(8-4-5-9-17)16(20)18-10-6-7-15(18)11-14(3)19/h13-15,19H,4-12H2,1-3H3. The van der Waals surface area contributed by atoms with E-state index in [0.29, 0.717) is 11.8 Å². The van der Waals surface area contributed by atoms with Crippen LogP contribution in [0.25, 0.3) is 0 Å². The Bertz CT molecular complexity index is 332. The van der Waals surface area contributed by atoms with E-state index in [9.17, 15) is 9.90 Å². The molecular weight excluding hydrogens is 250 g/mol. The molecule has 1 aliphatic carbocycles. The minimum absolute atomic E-state index is 0.0878. The molecule has 2 rings (SSSR count). The molecule has 0 aromatic rings. The monoisotopic (exact) mass is 281 g/mol. The highest BCUT2D eigenvalue weighted by Gasteiger charge is 2.46. The van der Waals surface area contributed by atoms with Crippen molar-refractivity contribution < 1.29 is 9.90 Å². The summed E-state index contributed by atoms with van der Waals surface area (Å²) in [4.78, 5) is 15.3. The van der Waals surface area contributed by atoms with Crippen molar-refractivity contribution in [3.05, 3.63) is 0 Å². The molecule has 20 heavy (non-hydrogen) atoms. The first-order valence-corrected chi connectivity index (χ1v) is 8.44. The van der Waals surface area contributed by atoms with Crippen molar-refractivity contribution in [3.8, 4) is 0 Å². The van der Waals surface area contributed by atoms with Crippen LogP contribution in [0.1, 0.15) is 72.1 Å². The number of aliphatic hydroxyl groups excluding tert-OH is 1. The van der Waals surface area contributed by atoms with Crippen molar-refractivity contribution in [2.75, 3.05) is 6.54 Å². The number of likely N-dealkylation sites (tertiary alicyclic amines) is 1. The topological polar surface area (TPSA) is 40.5 Å². The number of nitrogens with zero attached hydrogens (tertiary/aromatic N) is 1. The molecule has 1 saturated heterocycles. The summed E-state index contributed by atoms with van der Waals surface area (Å²) in [6.07, 6.45) is 8.17. The van der Waals surface area contributed by atoms with Crippen LogP contribution in [0.4, 0.5) is 0 Å². The normalized spacial score (nSPS) is 27.2. The van der Waals surface area contributed by atoms with E-state index in [0.717, 1.165) is 45.1 Å². The number of aliphatic hydroxyl groups is 1. The van der Waals surface area contributed by atoms with E-state index in [1.807, 2.05) is 6.92 Å². The van der Waals surface area contributed by atoms with Gasteiger partial charge in [-0.05, 0) is 51.4 Å². The van der Waals surface area contributed by atoms with Crippen LogP contribution in [0.5, 0.6) is 0 Å². The fourth-order valence-corrected chi connectivity index (χ4v) is 4.39. The average Bonchev–Trinajstić information content (AvgIpc) is 2.97. The summed E-state index contributed by atoms with van der Waals surface area (Å²) < 4.78 is 0. The van der Waals surface area contributed by atoms with Gasteiger partial charge < -0.3 is 10.0 Å². The van der Waals surface area contributed by atoms with Crippen LogP contribution >= 0.6 is 0 Å². The lowest BCUT2D eigenvalue weighted by Crippen LogP contribution is -2.46. The van der Waals surface area contributed by atoms with Crippen LogP contribution in [0.2, 0.25) is 0 Å². The van der Waals surface area contributed by atoms with Gasteiger partial charge in [0.05, 0.1) is 6.10 Å². The van der Waals surface area contributed by atoms with E-state index in [4.69, 9.17) is 0 Å². The number of hydrogen-bond acceptors (Lipinski definition) is 2. The summed E-state index contributed by atoms with van der Waals surface area (Å²) >= 11 is 0. The van der Waals surface area contributed by atoms with Crippen LogP contribution < -0.4 is 0 Å². The van der Waals surface area contributed by atoms with E-state index in [-0.39, 0.29) is 17.6 Å². The van der Waals surface area contributed by atoms with E-state index < -0.39 is 0 Å². The fraction of sp³-hybridized carbons (Fsp3) is 0.941. The third-order valence-corrected chi connectivity index (χ3v) is 5.06. The molecular formula is C17H31NO2.